The predicted octanol–water partition coefficient (Wildman–Crippen LogP) is 4.55. The number of benzene rings is 2. The van der Waals surface area contributed by atoms with Gasteiger partial charge in [0, 0.05) is 10.7 Å². The summed E-state index contributed by atoms with van der Waals surface area (Å²) < 4.78 is 60.6. The van der Waals surface area contributed by atoms with Gasteiger partial charge in [-0.15, -0.1) is 5.10 Å². The minimum atomic E-state index is -4.83. The molecule has 33 heavy (non-hydrogen) atoms. The highest BCUT2D eigenvalue weighted by Crippen LogP contribution is 2.40. The summed E-state index contributed by atoms with van der Waals surface area (Å²) in [5, 5.41) is 16.5. The lowest BCUT2D eigenvalue weighted by Crippen LogP contribution is -2.31. The molecule has 2 atom stereocenters. The molecule has 2 aromatic carbocycles. The van der Waals surface area contributed by atoms with Crippen molar-refractivity contribution in [3.8, 4) is 0 Å². The van der Waals surface area contributed by atoms with E-state index in [2.05, 4.69) is 10.3 Å². The number of hydrogen-bond donors (Lipinski definition) is 1. The molecule has 172 valence electrons. The highest BCUT2D eigenvalue weighted by atomic mass is 35.5. The third kappa shape index (κ3) is 4.60. The first-order chi connectivity index (χ1) is 15.5. The van der Waals surface area contributed by atoms with Gasteiger partial charge in [-0.25, -0.2) is 18.7 Å². The number of carbonyl (C=O) groups excluding carboxylic acids is 1. The fraction of sp³-hybridized carbons (Fsp3) is 0.200. The van der Waals surface area contributed by atoms with E-state index in [0.717, 1.165) is 27.9 Å². The van der Waals surface area contributed by atoms with Crippen molar-refractivity contribution in [3.05, 3.63) is 76.3 Å². The van der Waals surface area contributed by atoms with E-state index >= 15 is 0 Å². The Hall–Kier alpha value is -3.67. The number of aromatic carboxylic acids is 1. The highest BCUT2D eigenvalue weighted by Gasteiger charge is 2.45. The lowest BCUT2D eigenvalue weighted by molar-refractivity contribution is -0.137. The molecule has 1 aliphatic heterocycles. The summed E-state index contributed by atoms with van der Waals surface area (Å²) in [5.74, 6) is -2.49. The van der Waals surface area contributed by atoms with E-state index in [1.165, 1.54) is 24.3 Å². The number of cyclic esters (lactones) is 1. The second kappa shape index (κ2) is 8.35. The summed E-state index contributed by atoms with van der Waals surface area (Å²) >= 11 is 5.89. The Labute approximate surface area is 187 Å². The molecule has 0 unspecified atom stereocenters. The number of carbonyl (C=O) groups is 2. The minimum Gasteiger partial charge on any atom is -0.476 e. The Bertz CT molecular complexity index is 1220. The zero-order valence-corrected chi connectivity index (χ0v) is 17.1. The van der Waals surface area contributed by atoms with E-state index < -0.39 is 41.8 Å². The molecule has 13 heteroatoms. The van der Waals surface area contributed by atoms with Crippen LogP contribution in [-0.2, 0) is 17.5 Å². The second-order valence-corrected chi connectivity index (χ2v) is 7.55. The van der Waals surface area contributed by atoms with E-state index in [4.69, 9.17) is 21.4 Å². The predicted molar refractivity (Wildman–Crippen MR) is 105 cm³/mol. The van der Waals surface area contributed by atoms with Crippen LogP contribution in [0.2, 0.25) is 5.02 Å². The molecule has 1 saturated heterocycles. The second-order valence-electron chi connectivity index (χ2n) is 7.12. The molecule has 0 saturated carbocycles. The highest BCUT2D eigenvalue weighted by molar-refractivity contribution is 6.30. The van der Waals surface area contributed by atoms with Crippen molar-refractivity contribution >= 4 is 29.4 Å². The molecule has 0 spiro atoms. The van der Waals surface area contributed by atoms with Crippen molar-refractivity contribution in [3.63, 3.8) is 0 Å². The largest absolute Gasteiger partial charge is 0.476 e. The molecule has 1 aromatic heterocycles. The molecule has 2 heterocycles. The zero-order valence-electron chi connectivity index (χ0n) is 16.3. The standard InChI is InChI=1S/C20H13ClF4N4O4/c21-12-1-3-14(4-2-12)29-17(10-5-11(20(23,24)25)7-13(22)6-10)16(33-19(29)32)9-28-8-15(18(30)31)26-27-28/h1-8,16-17H,9H2,(H,30,31)/t16-,17-/m0/s1. The SMILES string of the molecule is O=C(O)c1cn(C[C@@H]2OC(=O)N(c3ccc(Cl)cc3)[C@H]2c2cc(F)cc(C(F)(F)F)c2)nn1. The maximum absolute atomic E-state index is 14.2. The fourth-order valence-electron chi connectivity index (χ4n) is 3.52. The third-order valence-electron chi connectivity index (χ3n) is 4.90. The molecule has 3 aromatic rings. The van der Waals surface area contributed by atoms with Crippen LogP contribution in [0, 0.1) is 5.82 Å². The maximum atomic E-state index is 14.2. The van der Waals surface area contributed by atoms with Crippen molar-refractivity contribution < 1.29 is 37.0 Å². The van der Waals surface area contributed by atoms with Gasteiger partial charge in [0.1, 0.15) is 18.0 Å². The average Bonchev–Trinajstić information content (AvgIpc) is 3.32. The van der Waals surface area contributed by atoms with Crippen molar-refractivity contribution in [1.29, 1.82) is 0 Å². The Kier molecular flexibility index (Phi) is 5.70. The zero-order chi connectivity index (χ0) is 23.9. The van der Waals surface area contributed by atoms with Crippen LogP contribution < -0.4 is 4.90 Å². The molecule has 4 rings (SSSR count). The van der Waals surface area contributed by atoms with Gasteiger partial charge >= 0.3 is 18.2 Å². The van der Waals surface area contributed by atoms with Crippen LogP contribution in [0.25, 0.3) is 0 Å². The number of hydrogen-bond acceptors (Lipinski definition) is 5. The summed E-state index contributed by atoms with van der Waals surface area (Å²) in [6.07, 6.45) is -5.81. The molecule has 1 aliphatic rings. The summed E-state index contributed by atoms with van der Waals surface area (Å²) in [6, 6.07) is 6.61. The summed E-state index contributed by atoms with van der Waals surface area (Å²) in [7, 11) is 0. The summed E-state index contributed by atoms with van der Waals surface area (Å²) in [4.78, 5) is 24.9. The van der Waals surface area contributed by atoms with Gasteiger partial charge in [0.15, 0.2) is 5.69 Å². The van der Waals surface area contributed by atoms with Gasteiger partial charge in [-0.05, 0) is 48.0 Å². The Morgan fingerprint density at radius 1 is 1.18 bits per heavy atom. The van der Waals surface area contributed by atoms with Crippen LogP contribution in [0.5, 0.6) is 0 Å². The van der Waals surface area contributed by atoms with Gasteiger partial charge in [-0.1, -0.05) is 16.8 Å². The van der Waals surface area contributed by atoms with E-state index in [0.29, 0.717) is 11.1 Å². The third-order valence-corrected chi connectivity index (χ3v) is 5.15. The van der Waals surface area contributed by atoms with Gasteiger partial charge in [0.25, 0.3) is 0 Å². The Morgan fingerprint density at radius 2 is 1.88 bits per heavy atom. The van der Waals surface area contributed by atoms with Gasteiger partial charge in [0.05, 0.1) is 18.3 Å². The first-order valence-corrected chi connectivity index (χ1v) is 9.67. The molecule has 1 fully saturated rings. The monoisotopic (exact) mass is 484 g/mol. The topological polar surface area (TPSA) is 97.5 Å². The molecule has 8 nitrogen and oxygen atoms in total. The Morgan fingerprint density at radius 3 is 2.48 bits per heavy atom. The minimum absolute atomic E-state index is 0.174. The van der Waals surface area contributed by atoms with Gasteiger partial charge in [0.2, 0.25) is 0 Å². The molecular formula is C20H13ClF4N4O4. The molecular weight excluding hydrogens is 472 g/mol. The summed E-state index contributed by atoms with van der Waals surface area (Å²) in [6.45, 7) is -0.251. The first kappa shape index (κ1) is 22.5. The van der Waals surface area contributed by atoms with Crippen LogP contribution >= 0.6 is 11.6 Å². The van der Waals surface area contributed by atoms with Crippen LogP contribution in [0.1, 0.15) is 27.7 Å². The van der Waals surface area contributed by atoms with E-state index in [9.17, 15) is 27.2 Å². The lowest BCUT2D eigenvalue weighted by atomic mass is 9.97. The molecule has 0 aliphatic carbocycles. The number of carboxylic acid groups (broad SMARTS) is 1. The van der Waals surface area contributed by atoms with Crippen molar-refractivity contribution in [2.24, 2.45) is 0 Å². The van der Waals surface area contributed by atoms with E-state index in [1.807, 2.05) is 0 Å². The van der Waals surface area contributed by atoms with Crippen molar-refractivity contribution in [2.75, 3.05) is 4.90 Å². The number of anilines is 1. The van der Waals surface area contributed by atoms with Crippen LogP contribution in [-0.4, -0.2) is 38.3 Å². The van der Waals surface area contributed by atoms with Gasteiger partial charge in [-0.2, -0.15) is 13.2 Å². The molecule has 0 radical (unpaired) electrons. The summed E-state index contributed by atoms with van der Waals surface area (Å²) in [5.41, 5.74) is -1.54. The number of alkyl halides is 3. The van der Waals surface area contributed by atoms with Crippen molar-refractivity contribution in [1.82, 2.24) is 15.0 Å². The van der Waals surface area contributed by atoms with Crippen molar-refractivity contribution in [2.45, 2.75) is 24.9 Å². The van der Waals surface area contributed by atoms with Crippen LogP contribution in [0.3, 0.4) is 0 Å². The number of rotatable bonds is 5. The number of nitrogens with zero attached hydrogens (tertiary/aromatic N) is 4. The number of amides is 1. The number of carboxylic acids is 1. The molecule has 1 N–H and O–H groups in total. The fourth-order valence-corrected chi connectivity index (χ4v) is 3.64. The quantitative estimate of drug-likeness (QED) is 0.533. The number of aromatic nitrogens is 3. The molecule has 0 bridgehead atoms. The number of ether oxygens (including phenoxy) is 1. The normalized spacial score (nSPS) is 18.5. The lowest BCUT2D eigenvalue weighted by Gasteiger charge is -2.26. The first-order valence-electron chi connectivity index (χ1n) is 9.29. The smallest absolute Gasteiger partial charge is 0.416 e. The number of halogens is 5. The van der Waals surface area contributed by atoms with Crippen LogP contribution in [0.15, 0.2) is 48.7 Å². The van der Waals surface area contributed by atoms with E-state index in [1.54, 1.807) is 0 Å². The molecule has 1 amide bonds. The average molecular weight is 485 g/mol. The van der Waals surface area contributed by atoms with Crippen LogP contribution in [0.4, 0.5) is 28.0 Å². The maximum Gasteiger partial charge on any atom is 0.416 e. The van der Waals surface area contributed by atoms with Gasteiger partial charge < -0.3 is 9.84 Å². The van der Waals surface area contributed by atoms with Gasteiger partial charge in [-0.3, -0.25) is 4.90 Å². The van der Waals surface area contributed by atoms with E-state index in [-0.39, 0.29) is 23.5 Å². The Balaban J connectivity index is 1.79.